The molecule has 126 valence electrons. The Morgan fingerprint density at radius 3 is 2.74 bits per heavy atom. The molecule has 0 aromatic heterocycles. The van der Waals surface area contributed by atoms with Crippen molar-refractivity contribution in [3.05, 3.63) is 34.9 Å². The zero-order valence-electron chi connectivity index (χ0n) is 14.7. The molecule has 1 N–H and O–H groups in total. The molecule has 1 aromatic carbocycles. The molecule has 1 aromatic rings. The molecule has 1 aliphatic rings. The van der Waals surface area contributed by atoms with Gasteiger partial charge in [0, 0.05) is 31.1 Å². The number of hydrogen-bond donors (Lipinski definition) is 1. The largest absolute Gasteiger partial charge is 0.356 e. The van der Waals surface area contributed by atoms with Gasteiger partial charge in [-0.1, -0.05) is 26.0 Å². The van der Waals surface area contributed by atoms with Crippen LogP contribution in [0.4, 0.5) is 0 Å². The first-order chi connectivity index (χ1) is 10.9. The number of nitrogens with zero attached hydrogens (tertiary/aromatic N) is 1. The van der Waals surface area contributed by atoms with Crippen molar-refractivity contribution in [2.75, 3.05) is 19.6 Å². The van der Waals surface area contributed by atoms with Gasteiger partial charge in [0.1, 0.15) is 0 Å². The second-order valence-electron chi connectivity index (χ2n) is 6.91. The van der Waals surface area contributed by atoms with E-state index in [1.807, 2.05) is 50.8 Å². The maximum Gasteiger partial charge on any atom is 0.254 e. The van der Waals surface area contributed by atoms with Crippen molar-refractivity contribution in [1.82, 2.24) is 10.2 Å². The molecule has 0 spiro atoms. The van der Waals surface area contributed by atoms with Gasteiger partial charge in [-0.3, -0.25) is 9.59 Å². The number of benzene rings is 1. The fourth-order valence-corrected chi connectivity index (χ4v) is 3.02. The van der Waals surface area contributed by atoms with Gasteiger partial charge in [0.05, 0.1) is 0 Å². The van der Waals surface area contributed by atoms with E-state index >= 15 is 0 Å². The van der Waals surface area contributed by atoms with E-state index < -0.39 is 0 Å². The average Bonchev–Trinajstić information content (AvgIpc) is 2.54. The number of rotatable bonds is 4. The van der Waals surface area contributed by atoms with Crippen LogP contribution in [0.1, 0.15) is 48.2 Å². The monoisotopic (exact) mass is 316 g/mol. The van der Waals surface area contributed by atoms with Crippen LogP contribution in [0.25, 0.3) is 0 Å². The fraction of sp³-hybridized carbons (Fsp3) is 0.579. The van der Waals surface area contributed by atoms with Gasteiger partial charge in [0.15, 0.2) is 0 Å². The van der Waals surface area contributed by atoms with Gasteiger partial charge in [-0.25, -0.2) is 0 Å². The van der Waals surface area contributed by atoms with E-state index in [-0.39, 0.29) is 17.7 Å². The summed E-state index contributed by atoms with van der Waals surface area (Å²) in [6, 6.07) is 5.89. The minimum atomic E-state index is 0.00580. The summed E-state index contributed by atoms with van der Waals surface area (Å²) in [6.45, 7) is 10.0. The molecule has 1 atom stereocenters. The lowest BCUT2D eigenvalue weighted by Gasteiger charge is -2.33. The smallest absolute Gasteiger partial charge is 0.254 e. The lowest BCUT2D eigenvalue weighted by Crippen LogP contribution is -2.44. The van der Waals surface area contributed by atoms with Crippen molar-refractivity contribution in [2.24, 2.45) is 11.8 Å². The summed E-state index contributed by atoms with van der Waals surface area (Å²) in [5.41, 5.74) is 3.01. The van der Waals surface area contributed by atoms with Crippen LogP contribution >= 0.6 is 0 Å². The number of likely N-dealkylation sites (tertiary alicyclic amines) is 1. The molecule has 0 saturated carbocycles. The Bertz CT molecular complexity index is 581. The topological polar surface area (TPSA) is 49.4 Å². The summed E-state index contributed by atoms with van der Waals surface area (Å²) in [6.07, 6.45) is 2.06. The summed E-state index contributed by atoms with van der Waals surface area (Å²) >= 11 is 0. The highest BCUT2D eigenvalue weighted by Crippen LogP contribution is 2.21. The predicted octanol–water partition coefficient (Wildman–Crippen LogP) is 2.93. The number of carbonyl (C=O) groups excluding carboxylic acids is 2. The van der Waals surface area contributed by atoms with E-state index in [0.29, 0.717) is 12.5 Å². The zero-order valence-corrected chi connectivity index (χ0v) is 14.7. The van der Waals surface area contributed by atoms with Crippen molar-refractivity contribution in [3.63, 3.8) is 0 Å². The lowest BCUT2D eigenvalue weighted by molar-refractivity contribution is -0.124. The Morgan fingerprint density at radius 2 is 2.04 bits per heavy atom. The number of hydrogen-bond acceptors (Lipinski definition) is 2. The molecular weight excluding hydrogens is 288 g/mol. The zero-order chi connectivity index (χ0) is 17.0. The third-order valence-electron chi connectivity index (χ3n) is 4.73. The van der Waals surface area contributed by atoms with E-state index in [4.69, 9.17) is 0 Å². The van der Waals surface area contributed by atoms with Gasteiger partial charge in [-0.15, -0.1) is 0 Å². The fourth-order valence-electron chi connectivity index (χ4n) is 3.02. The quantitative estimate of drug-likeness (QED) is 0.928. The van der Waals surface area contributed by atoms with Crippen molar-refractivity contribution in [3.8, 4) is 0 Å². The highest BCUT2D eigenvalue weighted by molar-refractivity contribution is 5.96. The van der Waals surface area contributed by atoms with Crippen molar-refractivity contribution < 1.29 is 9.59 Å². The first kappa shape index (κ1) is 17.5. The van der Waals surface area contributed by atoms with Crippen LogP contribution in [0.3, 0.4) is 0 Å². The Morgan fingerprint density at radius 1 is 1.30 bits per heavy atom. The minimum Gasteiger partial charge on any atom is -0.356 e. The summed E-state index contributed by atoms with van der Waals surface area (Å²) in [4.78, 5) is 26.5. The summed E-state index contributed by atoms with van der Waals surface area (Å²) in [5.74, 6) is 0.556. The molecule has 1 saturated heterocycles. The molecule has 0 unspecified atom stereocenters. The summed E-state index contributed by atoms with van der Waals surface area (Å²) < 4.78 is 0. The number of aryl methyl sites for hydroxylation is 1. The Hall–Kier alpha value is -1.84. The third kappa shape index (κ3) is 4.34. The summed E-state index contributed by atoms with van der Waals surface area (Å²) in [5, 5.41) is 2.99. The minimum absolute atomic E-state index is 0.00580. The molecule has 2 rings (SSSR count). The molecule has 2 amide bonds. The Labute approximate surface area is 139 Å². The van der Waals surface area contributed by atoms with Crippen LogP contribution in [0.15, 0.2) is 18.2 Å². The van der Waals surface area contributed by atoms with Crippen LogP contribution < -0.4 is 5.32 Å². The van der Waals surface area contributed by atoms with Crippen molar-refractivity contribution >= 4 is 11.8 Å². The molecule has 1 fully saturated rings. The van der Waals surface area contributed by atoms with E-state index in [2.05, 4.69) is 5.32 Å². The number of nitrogens with one attached hydrogen (secondary N) is 1. The molecule has 0 aliphatic carbocycles. The molecule has 0 bridgehead atoms. The van der Waals surface area contributed by atoms with Crippen LogP contribution in [0.5, 0.6) is 0 Å². The van der Waals surface area contributed by atoms with Crippen LogP contribution in [-0.2, 0) is 4.79 Å². The van der Waals surface area contributed by atoms with E-state index in [1.165, 1.54) is 0 Å². The maximum absolute atomic E-state index is 12.8. The van der Waals surface area contributed by atoms with E-state index in [9.17, 15) is 9.59 Å². The SMILES string of the molecule is Cc1cccc(C(=O)N2CCC[C@@H](CNC(=O)C(C)C)C2)c1C. The number of amides is 2. The molecule has 1 heterocycles. The first-order valence-corrected chi connectivity index (χ1v) is 8.53. The molecule has 23 heavy (non-hydrogen) atoms. The Balaban J connectivity index is 1.99. The van der Waals surface area contributed by atoms with Gasteiger partial charge >= 0.3 is 0 Å². The van der Waals surface area contributed by atoms with Gasteiger partial charge in [0.25, 0.3) is 5.91 Å². The standard InChI is InChI=1S/C19H28N2O2/c1-13(2)18(22)20-11-16-8-6-10-21(12-16)19(23)17-9-5-7-14(3)15(17)4/h5,7,9,13,16H,6,8,10-12H2,1-4H3,(H,20,22)/t16-/m0/s1. The maximum atomic E-state index is 12.8. The third-order valence-corrected chi connectivity index (χ3v) is 4.73. The van der Waals surface area contributed by atoms with Gasteiger partial charge < -0.3 is 10.2 Å². The number of carbonyl (C=O) groups is 2. The highest BCUT2D eigenvalue weighted by Gasteiger charge is 2.25. The molecular formula is C19H28N2O2. The molecule has 4 nitrogen and oxygen atoms in total. The van der Waals surface area contributed by atoms with Gasteiger partial charge in [-0.05, 0) is 49.8 Å². The van der Waals surface area contributed by atoms with Gasteiger partial charge in [-0.2, -0.15) is 0 Å². The van der Waals surface area contributed by atoms with E-state index in [1.54, 1.807) is 0 Å². The van der Waals surface area contributed by atoms with Crippen molar-refractivity contribution in [1.29, 1.82) is 0 Å². The number of piperidine rings is 1. The molecule has 4 heteroatoms. The first-order valence-electron chi connectivity index (χ1n) is 8.53. The normalized spacial score (nSPS) is 18.1. The van der Waals surface area contributed by atoms with Crippen LogP contribution in [-0.4, -0.2) is 36.3 Å². The second kappa shape index (κ2) is 7.62. The van der Waals surface area contributed by atoms with Crippen LogP contribution in [0, 0.1) is 25.7 Å². The molecule has 1 aliphatic heterocycles. The summed E-state index contributed by atoms with van der Waals surface area (Å²) in [7, 11) is 0. The van der Waals surface area contributed by atoms with Crippen molar-refractivity contribution in [2.45, 2.75) is 40.5 Å². The van der Waals surface area contributed by atoms with Gasteiger partial charge in [0.2, 0.25) is 5.91 Å². The van der Waals surface area contributed by atoms with Crippen LogP contribution in [0.2, 0.25) is 0 Å². The molecule has 0 radical (unpaired) electrons. The Kier molecular flexibility index (Phi) is 5.80. The predicted molar refractivity (Wildman–Crippen MR) is 92.4 cm³/mol. The van der Waals surface area contributed by atoms with E-state index in [0.717, 1.165) is 42.6 Å². The lowest BCUT2D eigenvalue weighted by atomic mass is 9.96. The average molecular weight is 316 g/mol. The second-order valence-corrected chi connectivity index (χ2v) is 6.91. The highest BCUT2D eigenvalue weighted by atomic mass is 16.2.